The van der Waals surface area contributed by atoms with E-state index in [4.69, 9.17) is 4.74 Å². The Balaban J connectivity index is 2.38. The molecule has 1 aromatic carbocycles. The van der Waals surface area contributed by atoms with E-state index in [0.717, 1.165) is 11.3 Å². The molecule has 1 unspecified atom stereocenters. The van der Waals surface area contributed by atoms with E-state index in [0.29, 0.717) is 12.8 Å². The number of hydrogen-bond acceptors (Lipinski definition) is 1. The molecule has 0 aliphatic heterocycles. The second kappa shape index (κ2) is 6.83. The molecule has 1 rings (SSSR count). The van der Waals surface area contributed by atoms with Crippen LogP contribution in [0.3, 0.4) is 0 Å². The van der Waals surface area contributed by atoms with Crippen LogP contribution in [0.5, 0.6) is 5.75 Å². The van der Waals surface area contributed by atoms with Gasteiger partial charge in [0, 0.05) is 0 Å². The van der Waals surface area contributed by atoms with Gasteiger partial charge in [-0.2, -0.15) is 13.2 Å². The molecule has 0 fully saturated rings. The molecule has 0 aromatic heterocycles. The van der Waals surface area contributed by atoms with Crippen LogP contribution in [0, 0.1) is 5.92 Å². The zero-order valence-corrected chi connectivity index (χ0v) is 11.6. The summed E-state index contributed by atoms with van der Waals surface area (Å²) in [6.07, 6.45) is -2.56. The van der Waals surface area contributed by atoms with Gasteiger partial charge in [-0.3, -0.25) is 0 Å². The average molecular weight is 274 g/mol. The summed E-state index contributed by atoms with van der Waals surface area (Å²) in [4.78, 5) is 0. The maximum Gasteiger partial charge on any atom is 0.391 e. The first-order valence-electron chi connectivity index (χ1n) is 6.61. The molecule has 4 heteroatoms. The number of halogens is 3. The molecule has 0 saturated heterocycles. The molecule has 1 aromatic rings. The van der Waals surface area contributed by atoms with Crippen molar-refractivity contribution in [3.8, 4) is 5.75 Å². The zero-order chi connectivity index (χ0) is 14.5. The highest BCUT2D eigenvalue weighted by Crippen LogP contribution is 2.29. The van der Waals surface area contributed by atoms with E-state index in [9.17, 15) is 13.2 Å². The molecule has 108 valence electrons. The minimum absolute atomic E-state index is 0.124. The summed E-state index contributed by atoms with van der Waals surface area (Å²) in [5, 5.41) is 0. The van der Waals surface area contributed by atoms with Gasteiger partial charge in [-0.25, -0.2) is 0 Å². The summed E-state index contributed by atoms with van der Waals surface area (Å²) in [7, 11) is 0. The standard InChI is InChI=1S/C15H21F3O/c1-11(2)19-14-9-7-13(8-10-14)6-4-5-12(3)15(16,17)18/h7-12H,4-6H2,1-3H3. The molecule has 0 aliphatic rings. The van der Waals surface area contributed by atoms with Crippen LogP contribution in [0.2, 0.25) is 0 Å². The predicted molar refractivity (Wildman–Crippen MR) is 70.4 cm³/mol. The van der Waals surface area contributed by atoms with Crippen molar-refractivity contribution in [2.75, 3.05) is 0 Å². The van der Waals surface area contributed by atoms with Crippen LogP contribution < -0.4 is 4.74 Å². The second-order valence-electron chi connectivity index (χ2n) is 5.15. The molecule has 0 bridgehead atoms. The van der Waals surface area contributed by atoms with Crippen LogP contribution in [0.1, 0.15) is 39.2 Å². The highest BCUT2D eigenvalue weighted by molar-refractivity contribution is 5.27. The number of ether oxygens (including phenoxy) is 1. The lowest BCUT2D eigenvalue weighted by Gasteiger charge is -2.15. The van der Waals surface area contributed by atoms with Crippen LogP contribution in [0.25, 0.3) is 0 Å². The fraction of sp³-hybridized carbons (Fsp3) is 0.600. The third-order valence-electron chi connectivity index (χ3n) is 2.96. The quantitative estimate of drug-likeness (QED) is 0.709. The first-order valence-corrected chi connectivity index (χ1v) is 6.61. The Kier molecular flexibility index (Phi) is 5.70. The van der Waals surface area contributed by atoms with Crippen molar-refractivity contribution in [2.45, 2.75) is 52.3 Å². The summed E-state index contributed by atoms with van der Waals surface area (Å²) in [5.41, 5.74) is 1.05. The van der Waals surface area contributed by atoms with E-state index in [1.54, 1.807) is 0 Å². The van der Waals surface area contributed by atoms with Crippen LogP contribution in [0.15, 0.2) is 24.3 Å². The lowest BCUT2D eigenvalue weighted by Crippen LogP contribution is -2.19. The molecule has 0 aliphatic carbocycles. The smallest absolute Gasteiger partial charge is 0.391 e. The van der Waals surface area contributed by atoms with Crippen molar-refractivity contribution in [1.82, 2.24) is 0 Å². The fourth-order valence-corrected chi connectivity index (χ4v) is 1.78. The Bertz CT molecular complexity index is 368. The third-order valence-corrected chi connectivity index (χ3v) is 2.96. The molecule has 0 amide bonds. The lowest BCUT2D eigenvalue weighted by molar-refractivity contribution is -0.171. The topological polar surface area (TPSA) is 9.23 Å². The summed E-state index contributed by atoms with van der Waals surface area (Å²) in [5.74, 6) is -0.432. The number of benzene rings is 1. The predicted octanol–water partition coefficient (Wildman–Crippen LogP) is 4.99. The molecule has 1 atom stereocenters. The van der Waals surface area contributed by atoms with Gasteiger partial charge in [-0.1, -0.05) is 19.1 Å². The van der Waals surface area contributed by atoms with Crippen molar-refractivity contribution in [1.29, 1.82) is 0 Å². The Morgan fingerprint density at radius 3 is 2.11 bits per heavy atom. The Hall–Kier alpha value is -1.19. The number of aryl methyl sites for hydroxylation is 1. The molecule has 0 saturated carbocycles. The van der Waals surface area contributed by atoms with Gasteiger partial charge in [0.15, 0.2) is 0 Å². The molecular weight excluding hydrogens is 253 g/mol. The van der Waals surface area contributed by atoms with Crippen molar-refractivity contribution in [3.05, 3.63) is 29.8 Å². The van der Waals surface area contributed by atoms with E-state index < -0.39 is 12.1 Å². The average Bonchev–Trinajstić information content (AvgIpc) is 2.29. The van der Waals surface area contributed by atoms with Gasteiger partial charge in [0.05, 0.1) is 12.0 Å². The number of rotatable bonds is 6. The zero-order valence-electron chi connectivity index (χ0n) is 11.6. The molecule has 0 radical (unpaired) electrons. The largest absolute Gasteiger partial charge is 0.491 e. The van der Waals surface area contributed by atoms with Gasteiger partial charge in [0.25, 0.3) is 0 Å². The normalized spacial score (nSPS) is 13.6. The summed E-state index contributed by atoms with van der Waals surface area (Å²) in [6, 6.07) is 7.55. The maximum absolute atomic E-state index is 12.3. The first-order chi connectivity index (χ1) is 8.79. The van der Waals surface area contributed by atoms with Gasteiger partial charge in [0.1, 0.15) is 5.75 Å². The number of alkyl halides is 3. The van der Waals surface area contributed by atoms with E-state index in [1.807, 2.05) is 38.1 Å². The Labute approximate surface area is 112 Å². The van der Waals surface area contributed by atoms with E-state index in [1.165, 1.54) is 6.92 Å². The fourth-order valence-electron chi connectivity index (χ4n) is 1.78. The van der Waals surface area contributed by atoms with Gasteiger partial charge in [-0.05, 0) is 50.8 Å². The highest BCUT2D eigenvalue weighted by atomic mass is 19.4. The summed E-state index contributed by atoms with van der Waals surface area (Å²) >= 11 is 0. The second-order valence-corrected chi connectivity index (χ2v) is 5.15. The molecular formula is C15H21F3O. The van der Waals surface area contributed by atoms with E-state index in [-0.39, 0.29) is 12.5 Å². The Morgan fingerprint density at radius 1 is 1.05 bits per heavy atom. The van der Waals surface area contributed by atoms with Crippen molar-refractivity contribution < 1.29 is 17.9 Å². The van der Waals surface area contributed by atoms with Crippen molar-refractivity contribution >= 4 is 0 Å². The summed E-state index contributed by atoms with van der Waals surface area (Å²) < 4.78 is 42.5. The third kappa shape index (κ3) is 5.99. The van der Waals surface area contributed by atoms with E-state index >= 15 is 0 Å². The van der Waals surface area contributed by atoms with Crippen LogP contribution in [-0.4, -0.2) is 12.3 Å². The van der Waals surface area contributed by atoms with Crippen LogP contribution in [0.4, 0.5) is 13.2 Å². The molecule has 19 heavy (non-hydrogen) atoms. The lowest BCUT2D eigenvalue weighted by atomic mass is 10.0. The molecule has 0 N–H and O–H groups in total. The van der Waals surface area contributed by atoms with E-state index in [2.05, 4.69) is 0 Å². The SMILES string of the molecule is CC(C)Oc1ccc(CCCC(C)C(F)(F)F)cc1. The minimum Gasteiger partial charge on any atom is -0.491 e. The van der Waals surface area contributed by atoms with Crippen LogP contribution >= 0.6 is 0 Å². The maximum atomic E-state index is 12.3. The molecule has 0 heterocycles. The monoisotopic (exact) mass is 274 g/mol. The van der Waals surface area contributed by atoms with Gasteiger partial charge in [0.2, 0.25) is 0 Å². The Morgan fingerprint density at radius 2 is 1.63 bits per heavy atom. The number of hydrogen-bond donors (Lipinski definition) is 0. The van der Waals surface area contributed by atoms with Crippen molar-refractivity contribution in [2.24, 2.45) is 5.92 Å². The highest BCUT2D eigenvalue weighted by Gasteiger charge is 2.34. The van der Waals surface area contributed by atoms with Crippen molar-refractivity contribution in [3.63, 3.8) is 0 Å². The molecule has 1 nitrogen and oxygen atoms in total. The minimum atomic E-state index is -4.07. The van der Waals surface area contributed by atoms with Gasteiger partial charge >= 0.3 is 6.18 Å². The van der Waals surface area contributed by atoms with Gasteiger partial charge < -0.3 is 4.74 Å². The summed E-state index contributed by atoms with van der Waals surface area (Å²) in [6.45, 7) is 5.14. The first kappa shape index (κ1) is 15.9. The molecule has 0 spiro atoms. The van der Waals surface area contributed by atoms with Gasteiger partial charge in [-0.15, -0.1) is 0 Å². The van der Waals surface area contributed by atoms with Crippen LogP contribution in [-0.2, 0) is 6.42 Å².